The lowest BCUT2D eigenvalue weighted by Crippen LogP contribution is -2.43. The number of thioether (sulfide) groups is 1. The van der Waals surface area contributed by atoms with E-state index in [1.54, 1.807) is 0 Å². The third-order valence-electron chi connectivity index (χ3n) is 5.22. The molecule has 0 unspecified atom stereocenters. The molecular weight excluding hydrogens is 348 g/mol. The maximum atomic E-state index is 8.99. The van der Waals surface area contributed by atoms with Crippen molar-refractivity contribution < 1.29 is 10.2 Å². The molecule has 2 spiro atoms. The number of likely N-dealkylation sites (tertiary alicyclic amines) is 2. The number of nitrogens with zero attached hydrogens (tertiary/aromatic N) is 2. The molecule has 2 N–H and O–H groups in total. The summed E-state index contributed by atoms with van der Waals surface area (Å²) in [7, 11) is 4.32. The summed E-state index contributed by atoms with van der Waals surface area (Å²) >= 11 is 2.28. The predicted octanol–water partition coefficient (Wildman–Crippen LogP) is 2.46. The third-order valence-corrected chi connectivity index (χ3v) is 12.1. The second kappa shape index (κ2) is 8.52. The average molecular weight is 379 g/mol. The van der Waals surface area contributed by atoms with Gasteiger partial charge < -0.3 is 20.0 Å². The van der Waals surface area contributed by atoms with Gasteiger partial charge in [-0.05, 0) is 38.5 Å². The van der Waals surface area contributed by atoms with Crippen molar-refractivity contribution in [2.75, 3.05) is 52.5 Å². The first-order chi connectivity index (χ1) is 11.2. The zero-order valence-corrected chi connectivity index (χ0v) is 16.4. The molecule has 3 saturated heterocycles. The summed E-state index contributed by atoms with van der Waals surface area (Å²) in [4.78, 5) is 5.05. The summed E-state index contributed by atoms with van der Waals surface area (Å²) in [6.07, 6.45) is 6.98. The maximum Gasteiger partial charge on any atom is 0.0753 e. The molecule has 0 aliphatic carbocycles. The molecular formula is C16H30N2O2S3. The Morgan fingerprint density at radius 2 is 1.09 bits per heavy atom. The van der Waals surface area contributed by atoms with Crippen LogP contribution in [0.1, 0.15) is 38.5 Å². The van der Waals surface area contributed by atoms with Crippen LogP contribution < -0.4 is 0 Å². The molecule has 0 bridgehead atoms. The fraction of sp³-hybridized carbons (Fsp3) is 1.00. The molecule has 0 amide bonds. The lowest BCUT2D eigenvalue weighted by molar-refractivity contribution is 0.192. The van der Waals surface area contributed by atoms with Crippen LogP contribution >= 0.6 is 33.3 Å². The Labute approximate surface area is 152 Å². The highest BCUT2D eigenvalue weighted by Gasteiger charge is 2.52. The van der Waals surface area contributed by atoms with Crippen molar-refractivity contribution in [1.82, 2.24) is 9.80 Å². The third kappa shape index (κ3) is 4.74. The fourth-order valence-corrected chi connectivity index (χ4v) is 10.7. The van der Waals surface area contributed by atoms with Gasteiger partial charge in [0, 0.05) is 52.5 Å². The van der Waals surface area contributed by atoms with Crippen LogP contribution in [0.25, 0.3) is 0 Å². The Kier molecular flexibility index (Phi) is 6.91. The Morgan fingerprint density at radius 3 is 1.43 bits per heavy atom. The topological polar surface area (TPSA) is 46.9 Å². The highest BCUT2D eigenvalue weighted by molar-refractivity contribution is 8.83. The molecule has 134 valence electrons. The number of hydrogen-bond donors (Lipinski definition) is 2. The summed E-state index contributed by atoms with van der Waals surface area (Å²) < 4.78 is 0.876. The molecule has 7 heteroatoms. The van der Waals surface area contributed by atoms with E-state index in [9.17, 15) is 0 Å². The smallest absolute Gasteiger partial charge is 0.0753 e. The molecule has 3 heterocycles. The van der Waals surface area contributed by atoms with Crippen molar-refractivity contribution in [3.05, 3.63) is 0 Å². The van der Waals surface area contributed by atoms with Crippen molar-refractivity contribution in [3.8, 4) is 0 Å². The van der Waals surface area contributed by atoms with E-state index in [2.05, 4.69) is 43.1 Å². The zero-order chi connectivity index (χ0) is 16.2. The van der Waals surface area contributed by atoms with Gasteiger partial charge in [0.05, 0.1) is 8.16 Å². The lowest BCUT2D eigenvalue weighted by atomic mass is 10.1. The first-order valence-electron chi connectivity index (χ1n) is 8.93. The largest absolute Gasteiger partial charge is 0.396 e. The molecule has 3 aliphatic heterocycles. The summed E-state index contributed by atoms with van der Waals surface area (Å²) in [6.45, 7) is 7.52. The zero-order valence-electron chi connectivity index (χ0n) is 13.9. The summed E-state index contributed by atoms with van der Waals surface area (Å²) in [5, 5.41) is 18.0. The molecule has 23 heavy (non-hydrogen) atoms. The second-order valence-electron chi connectivity index (χ2n) is 6.93. The van der Waals surface area contributed by atoms with E-state index in [1.165, 1.54) is 51.9 Å². The standard InChI is InChI=1S/C16H30N2O2S3/c19-13-1-7-17-9-3-15(4-10-17)21-16(23-22-15)5-11-18(12-6-16)8-2-14-20/h19-20H,1-14H2. The monoisotopic (exact) mass is 378 g/mol. The molecule has 3 fully saturated rings. The molecule has 0 atom stereocenters. The Hall–Kier alpha value is 0.890. The van der Waals surface area contributed by atoms with Crippen LogP contribution in [0.15, 0.2) is 0 Å². The van der Waals surface area contributed by atoms with Gasteiger partial charge in [-0.3, -0.25) is 0 Å². The lowest BCUT2D eigenvalue weighted by Gasteiger charge is -2.41. The number of aliphatic hydroxyl groups excluding tert-OH is 2. The van der Waals surface area contributed by atoms with Crippen molar-refractivity contribution in [2.24, 2.45) is 0 Å². The summed E-state index contributed by atoms with van der Waals surface area (Å²) in [5.41, 5.74) is 0. The minimum atomic E-state index is 0.316. The van der Waals surface area contributed by atoms with E-state index in [0.29, 0.717) is 21.4 Å². The van der Waals surface area contributed by atoms with Crippen molar-refractivity contribution >= 4 is 33.3 Å². The minimum absolute atomic E-state index is 0.316. The van der Waals surface area contributed by atoms with Crippen molar-refractivity contribution in [3.63, 3.8) is 0 Å². The van der Waals surface area contributed by atoms with Gasteiger partial charge in [-0.2, -0.15) is 0 Å². The fourth-order valence-electron chi connectivity index (χ4n) is 3.72. The van der Waals surface area contributed by atoms with Crippen LogP contribution in [0.3, 0.4) is 0 Å². The van der Waals surface area contributed by atoms with E-state index in [-0.39, 0.29) is 0 Å². The minimum Gasteiger partial charge on any atom is -0.396 e. The molecule has 0 saturated carbocycles. The highest BCUT2D eigenvalue weighted by atomic mass is 33.1. The Balaban J connectivity index is 1.46. The van der Waals surface area contributed by atoms with Gasteiger partial charge in [-0.15, -0.1) is 11.8 Å². The normalized spacial score (nSPS) is 27.9. The number of piperidine rings is 2. The molecule has 0 aromatic heterocycles. The molecule has 0 aromatic carbocycles. The van der Waals surface area contributed by atoms with E-state index < -0.39 is 0 Å². The van der Waals surface area contributed by atoms with Crippen LogP contribution in [0.4, 0.5) is 0 Å². The quantitative estimate of drug-likeness (QED) is 0.689. The first kappa shape index (κ1) is 18.7. The molecule has 0 radical (unpaired) electrons. The van der Waals surface area contributed by atoms with Gasteiger partial charge in [-0.1, -0.05) is 21.6 Å². The van der Waals surface area contributed by atoms with Crippen LogP contribution in [0.5, 0.6) is 0 Å². The van der Waals surface area contributed by atoms with Crippen LogP contribution in [0, 0.1) is 0 Å². The Bertz CT molecular complexity index is 336. The van der Waals surface area contributed by atoms with E-state index >= 15 is 0 Å². The second-order valence-corrected chi connectivity index (χ2v) is 12.1. The van der Waals surface area contributed by atoms with Crippen LogP contribution in [-0.2, 0) is 0 Å². The molecule has 0 aromatic rings. The molecule has 3 rings (SSSR count). The molecule has 4 nitrogen and oxygen atoms in total. The predicted molar refractivity (Wildman–Crippen MR) is 103 cm³/mol. The van der Waals surface area contributed by atoms with Gasteiger partial charge in [0.25, 0.3) is 0 Å². The van der Waals surface area contributed by atoms with Crippen molar-refractivity contribution in [2.45, 2.75) is 46.7 Å². The van der Waals surface area contributed by atoms with Crippen LogP contribution in [0.2, 0.25) is 0 Å². The van der Waals surface area contributed by atoms with Gasteiger partial charge in [0.1, 0.15) is 0 Å². The summed E-state index contributed by atoms with van der Waals surface area (Å²) in [6, 6.07) is 0. The number of rotatable bonds is 6. The SMILES string of the molecule is OCCCN1CCC2(CC1)SSC1(CCN(CCCO)CC1)S2. The average Bonchev–Trinajstić information content (AvgIpc) is 2.92. The van der Waals surface area contributed by atoms with Crippen LogP contribution in [-0.4, -0.2) is 80.7 Å². The van der Waals surface area contributed by atoms with Gasteiger partial charge >= 0.3 is 0 Å². The highest BCUT2D eigenvalue weighted by Crippen LogP contribution is 2.70. The van der Waals surface area contributed by atoms with E-state index in [4.69, 9.17) is 10.2 Å². The number of hydrogen-bond acceptors (Lipinski definition) is 7. The van der Waals surface area contributed by atoms with E-state index in [0.717, 1.165) is 25.9 Å². The van der Waals surface area contributed by atoms with Gasteiger partial charge in [0.2, 0.25) is 0 Å². The first-order valence-corrected chi connectivity index (χ1v) is 11.9. The maximum absolute atomic E-state index is 8.99. The van der Waals surface area contributed by atoms with Crippen molar-refractivity contribution in [1.29, 1.82) is 0 Å². The Morgan fingerprint density at radius 1 is 0.696 bits per heavy atom. The van der Waals surface area contributed by atoms with Gasteiger partial charge in [0.15, 0.2) is 0 Å². The summed E-state index contributed by atoms with van der Waals surface area (Å²) in [5.74, 6) is 0. The van der Waals surface area contributed by atoms with Gasteiger partial charge in [-0.25, -0.2) is 0 Å². The molecule has 3 aliphatic rings. The van der Waals surface area contributed by atoms with E-state index in [1.807, 2.05) is 0 Å². The number of aliphatic hydroxyl groups is 2.